The summed E-state index contributed by atoms with van der Waals surface area (Å²) < 4.78 is 47.2. The number of hydrogen-bond acceptors (Lipinski definition) is 4. The summed E-state index contributed by atoms with van der Waals surface area (Å²) >= 11 is 3.19. The number of carbonyl (C=O) groups is 1. The highest BCUT2D eigenvalue weighted by molar-refractivity contribution is 9.10. The molecule has 1 amide bonds. The average molecular weight is 477 g/mol. The van der Waals surface area contributed by atoms with Crippen molar-refractivity contribution < 1.29 is 22.3 Å². The van der Waals surface area contributed by atoms with E-state index in [0.717, 1.165) is 19.1 Å². The fourth-order valence-corrected chi connectivity index (χ4v) is 5.16. The van der Waals surface area contributed by atoms with Crippen LogP contribution in [0.5, 0.6) is 0 Å². The number of hydrogen-bond donors (Lipinski definition) is 1. The molecule has 2 aliphatic rings. The predicted molar refractivity (Wildman–Crippen MR) is 108 cm³/mol. The summed E-state index contributed by atoms with van der Waals surface area (Å²) in [5.74, 6) is -0.401. The number of ether oxygens (including phenoxy) is 1. The number of benzene rings is 1. The Labute approximate surface area is 174 Å². The SMILES string of the molecule is CC(C)(C)OC(=O)N1CC2(CC2)C(NS(C)(=O)=O)C1Cc1cccc(Br)c1F. The normalized spacial score (nSPS) is 23.9. The Kier molecular flexibility index (Phi) is 5.57. The van der Waals surface area contributed by atoms with Crippen molar-refractivity contribution >= 4 is 32.0 Å². The van der Waals surface area contributed by atoms with Gasteiger partial charge >= 0.3 is 6.09 Å². The Morgan fingerprint density at radius 2 is 2.04 bits per heavy atom. The van der Waals surface area contributed by atoms with E-state index in [1.807, 2.05) is 0 Å². The first-order chi connectivity index (χ1) is 12.8. The Morgan fingerprint density at radius 1 is 1.39 bits per heavy atom. The van der Waals surface area contributed by atoms with Gasteiger partial charge in [-0.15, -0.1) is 0 Å². The van der Waals surface area contributed by atoms with Crippen molar-refractivity contribution in [1.29, 1.82) is 0 Å². The van der Waals surface area contributed by atoms with E-state index in [9.17, 15) is 17.6 Å². The summed E-state index contributed by atoms with van der Waals surface area (Å²) in [5.41, 5.74) is -0.569. The molecule has 6 nitrogen and oxygen atoms in total. The van der Waals surface area contributed by atoms with Gasteiger partial charge in [-0.05, 0) is 67.6 Å². The lowest BCUT2D eigenvalue weighted by Crippen LogP contribution is -2.50. The first kappa shape index (κ1) is 21.5. The molecule has 1 heterocycles. The second-order valence-electron chi connectivity index (χ2n) is 8.82. The minimum absolute atomic E-state index is 0.194. The lowest BCUT2D eigenvalue weighted by Gasteiger charge is -2.31. The minimum Gasteiger partial charge on any atom is -0.444 e. The van der Waals surface area contributed by atoms with Crippen molar-refractivity contribution in [2.75, 3.05) is 12.8 Å². The second-order valence-corrected chi connectivity index (χ2v) is 11.5. The molecule has 28 heavy (non-hydrogen) atoms. The van der Waals surface area contributed by atoms with Crippen molar-refractivity contribution in [2.45, 2.75) is 57.7 Å². The summed E-state index contributed by atoms with van der Waals surface area (Å²) in [4.78, 5) is 14.4. The molecule has 1 N–H and O–H groups in total. The van der Waals surface area contributed by atoms with E-state index in [4.69, 9.17) is 4.74 Å². The number of carbonyl (C=O) groups excluding carboxylic acids is 1. The van der Waals surface area contributed by atoms with Crippen LogP contribution in [0.4, 0.5) is 9.18 Å². The highest BCUT2D eigenvalue weighted by Gasteiger charge is 2.61. The van der Waals surface area contributed by atoms with Gasteiger partial charge in [-0.3, -0.25) is 0 Å². The van der Waals surface area contributed by atoms with Crippen molar-refractivity contribution in [3.8, 4) is 0 Å². The van der Waals surface area contributed by atoms with E-state index in [1.54, 1.807) is 43.9 Å². The van der Waals surface area contributed by atoms with Gasteiger partial charge in [0.1, 0.15) is 11.4 Å². The molecular formula is C19H26BrFN2O4S. The Morgan fingerprint density at radius 3 is 2.57 bits per heavy atom. The molecule has 1 spiro atoms. The topological polar surface area (TPSA) is 75.7 Å². The molecule has 1 saturated heterocycles. The fourth-order valence-electron chi connectivity index (χ4n) is 3.89. The fraction of sp³-hybridized carbons (Fsp3) is 0.632. The molecule has 1 aromatic carbocycles. The third-order valence-corrected chi connectivity index (χ3v) is 6.55. The van der Waals surface area contributed by atoms with Gasteiger partial charge in [0.15, 0.2) is 0 Å². The number of sulfonamides is 1. The summed E-state index contributed by atoms with van der Waals surface area (Å²) in [5, 5.41) is 0. The number of likely N-dealkylation sites (tertiary alicyclic amines) is 1. The maximum absolute atomic E-state index is 14.6. The number of rotatable bonds is 4. The van der Waals surface area contributed by atoms with Crippen LogP contribution in [0, 0.1) is 11.2 Å². The molecule has 2 fully saturated rings. The van der Waals surface area contributed by atoms with Crippen LogP contribution in [0.1, 0.15) is 39.2 Å². The van der Waals surface area contributed by atoms with Crippen LogP contribution in [-0.2, 0) is 21.2 Å². The molecule has 1 aliphatic heterocycles. The van der Waals surface area contributed by atoms with Crippen LogP contribution in [0.3, 0.4) is 0 Å². The Balaban J connectivity index is 1.96. The zero-order valence-corrected chi connectivity index (χ0v) is 18.9. The van der Waals surface area contributed by atoms with Crippen LogP contribution >= 0.6 is 15.9 Å². The van der Waals surface area contributed by atoms with Crippen LogP contribution < -0.4 is 4.72 Å². The van der Waals surface area contributed by atoms with Gasteiger partial charge in [0.05, 0.1) is 16.8 Å². The smallest absolute Gasteiger partial charge is 0.410 e. The van der Waals surface area contributed by atoms with Crippen LogP contribution in [0.15, 0.2) is 22.7 Å². The van der Waals surface area contributed by atoms with E-state index in [2.05, 4.69) is 20.7 Å². The zero-order chi connectivity index (χ0) is 20.9. The molecule has 9 heteroatoms. The lowest BCUT2D eigenvalue weighted by molar-refractivity contribution is 0.0213. The number of halogens is 2. The highest BCUT2D eigenvalue weighted by atomic mass is 79.9. The first-order valence-electron chi connectivity index (χ1n) is 9.21. The third-order valence-electron chi connectivity index (χ3n) is 5.25. The molecule has 0 radical (unpaired) electrons. The minimum atomic E-state index is -3.50. The van der Waals surface area contributed by atoms with Gasteiger partial charge in [-0.25, -0.2) is 22.3 Å². The molecule has 3 rings (SSSR count). The molecule has 1 aromatic rings. The van der Waals surface area contributed by atoms with Gasteiger partial charge in [-0.1, -0.05) is 12.1 Å². The highest BCUT2D eigenvalue weighted by Crippen LogP contribution is 2.55. The van der Waals surface area contributed by atoms with E-state index in [0.29, 0.717) is 16.6 Å². The van der Waals surface area contributed by atoms with Gasteiger partial charge in [0, 0.05) is 18.0 Å². The lowest BCUT2D eigenvalue weighted by atomic mass is 9.92. The predicted octanol–water partition coefficient (Wildman–Crippen LogP) is 3.45. The van der Waals surface area contributed by atoms with Gasteiger partial charge in [-0.2, -0.15) is 0 Å². The number of nitrogens with zero attached hydrogens (tertiary/aromatic N) is 1. The molecule has 0 aromatic heterocycles. The van der Waals surface area contributed by atoms with Crippen LogP contribution in [0.25, 0.3) is 0 Å². The zero-order valence-electron chi connectivity index (χ0n) is 16.5. The summed E-state index contributed by atoms with van der Waals surface area (Å²) in [6.07, 6.45) is 2.43. The third kappa shape index (κ3) is 4.68. The van der Waals surface area contributed by atoms with Crippen molar-refractivity contribution in [3.63, 3.8) is 0 Å². The quantitative estimate of drug-likeness (QED) is 0.721. The van der Waals surface area contributed by atoms with E-state index in [1.165, 1.54) is 0 Å². The van der Waals surface area contributed by atoms with Gasteiger partial charge in [0.2, 0.25) is 10.0 Å². The summed E-state index contributed by atoms with van der Waals surface area (Å²) in [6.45, 7) is 5.74. The number of nitrogens with one attached hydrogen (secondary N) is 1. The molecular weight excluding hydrogens is 451 g/mol. The van der Waals surface area contributed by atoms with E-state index in [-0.39, 0.29) is 11.8 Å². The second kappa shape index (κ2) is 7.25. The van der Waals surface area contributed by atoms with Crippen molar-refractivity contribution in [2.24, 2.45) is 5.41 Å². The summed E-state index contributed by atoms with van der Waals surface area (Å²) in [7, 11) is -3.50. The Bertz CT molecular complexity index is 880. The monoisotopic (exact) mass is 476 g/mol. The largest absolute Gasteiger partial charge is 0.444 e. The molecule has 0 bridgehead atoms. The Hall–Kier alpha value is -1.19. The molecule has 156 valence electrons. The first-order valence-corrected chi connectivity index (χ1v) is 11.9. The number of amides is 1. The van der Waals surface area contributed by atoms with Gasteiger partial charge in [0.25, 0.3) is 0 Å². The van der Waals surface area contributed by atoms with Crippen molar-refractivity contribution in [1.82, 2.24) is 9.62 Å². The maximum Gasteiger partial charge on any atom is 0.410 e. The molecule has 1 saturated carbocycles. The van der Waals surface area contributed by atoms with Gasteiger partial charge < -0.3 is 9.64 Å². The van der Waals surface area contributed by atoms with E-state index >= 15 is 0 Å². The standard InChI is InChI=1S/C19H26BrFN2O4S/c1-18(2,3)27-17(24)23-11-19(8-9-19)16(22-28(4,25)26)14(23)10-12-6-5-7-13(20)15(12)21/h5-7,14,16,22H,8-11H2,1-4H3. The summed E-state index contributed by atoms with van der Waals surface area (Å²) in [6, 6.07) is 3.97. The van der Waals surface area contributed by atoms with Crippen LogP contribution in [0.2, 0.25) is 0 Å². The molecule has 1 aliphatic carbocycles. The average Bonchev–Trinajstić information content (AvgIpc) is 3.24. The molecule has 2 unspecified atom stereocenters. The van der Waals surface area contributed by atoms with E-state index < -0.39 is 39.6 Å². The maximum atomic E-state index is 14.6. The molecule has 2 atom stereocenters. The van der Waals surface area contributed by atoms with Crippen molar-refractivity contribution in [3.05, 3.63) is 34.1 Å². The van der Waals surface area contributed by atoms with Crippen LogP contribution in [-0.4, -0.2) is 49.9 Å².